The van der Waals surface area contributed by atoms with Gasteiger partial charge in [0.05, 0.1) is 4.90 Å². The zero-order valence-corrected chi connectivity index (χ0v) is 13.9. The van der Waals surface area contributed by atoms with Crippen molar-refractivity contribution >= 4 is 31.9 Å². The molecule has 0 bridgehead atoms. The van der Waals surface area contributed by atoms with E-state index in [4.69, 9.17) is 0 Å². The number of hydrogen-bond donors (Lipinski definition) is 2. The predicted octanol–water partition coefficient (Wildman–Crippen LogP) is 2.76. The van der Waals surface area contributed by atoms with Crippen molar-refractivity contribution in [2.75, 3.05) is 0 Å². The van der Waals surface area contributed by atoms with E-state index in [0.717, 1.165) is 36.6 Å². The highest BCUT2D eigenvalue weighted by Gasteiger charge is 2.33. The average molecular weight is 376 g/mol. The highest BCUT2D eigenvalue weighted by molar-refractivity contribution is 9.10. The molecule has 2 rings (SSSR count). The molecule has 2 N–H and O–H groups in total. The van der Waals surface area contributed by atoms with Gasteiger partial charge in [0.2, 0.25) is 10.0 Å². The van der Waals surface area contributed by atoms with Gasteiger partial charge in [-0.1, -0.05) is 35.2 Å². The minimum Gasteiger partial charge on any atom is -0.480 e. The SMILES string of the molecule is O=C(O)C(NS(=O)(=O)c1ccc(Br)cc1)C1CCCCC1. The van der Waals surface area contributed by atoms with E-state index >= 15 is 0 Å². The summed E-state index contributed by atoms with van der Waals surface area (Å²) in [6.45, 7) is 0. The first kappa shape index (κ1) is 16.5. The van der Waals surface area contributed by atoms with Crippen molar-refractivity contribution in [2.24, 2.45) is 5.92 Å². The van der Waals surface area contributed by atoms with E-state index in [2.05, 4.69) is 20.7 Å². The van der Waals surface area contributed by atoms with Crippen LogP contribution in [0.3, 0.4) is 0 Å². The first-order chi connectivity index (χ1) is 9.90. The maximum absolute atomic E-state index is 12.3. The van der Waals surface area contributed by atoms with Gasteiger partial charge in [-0.25, -0.2) is 8.42 Å². The predicted molar refractivity (Wildman–Crippen MR) is 82.5 cm³/mol. The number of carboxylic acids is 1. The van der Waals surface area contributed by atoms with E-state index in [9.17, 15) is 18.3 Å². The summed E-state index contributed by atoms with van der Waals surface area (Å²) in [4.78, 5) is 11.5. The van der Waals surface area contributed by atoms with Gasteiger partial charge in [-0.05, 0) is 43.0 Å². The third-order valence-corrected chi connectivity index (χ3v) is 5.78. The molecule has 1 unspecified atom stereocenters. The fourth-order valence-electron chi connectivity index (χ4n) is 2.66. The van der Waals surface area contributed by atoms with Gasteiger partial charge in [-0.2, -0.15) is 4.72 Å². The van der Waals surface area contributed by atoms with Crippen molar-refractivity contribution in [3.63, 3.8) is 0 Å². The third kappa shape index (κ3) is 4.28. The third-order valence-electron chi connectivity index (χ3n) is 3.79. The van der Waals surface area contributed by atoms with Crippen molar-refractivity contribution < 1.29 is 18.3 Å². The zero-order valence-electron chi connectivity index (χ0n) is 11.5. The summed E-state index contributed by atoms with van der Waals surface area (Å²) in [7, 11) is -3.82. The average Bonchev–Trinajstić information content (AvgIpc) is 2.46. The molecule has 0 aliphatic heterocycles. The normalized spacial score (nSPS) is 18.3. The van der Waals surface area contributed by atoms with Crippen LogP contribution in [0.1, 0.15) is 32.1 Å². The number of rotatable bonds is 5. The number of benzene rings is 1. The molecular formula is C14H18BrNO4S. The Morgan fingerprint density at radius 3 is 2.29 bits per heavy atom. The number of sulfonamides is 1. The quantitative estimate of drug-likeness (QED) is 0.828. The summed E-state index contributed by atoms with van der Waals surface area (Å²) >= 11 is 3.24. The van der Waals surface area contributed by atoms with E-state index < -0.39 is 22.0 Å². The van der Waals surface area contributed by atoms with Gasteiger partial charge in [0.1, 0.15) is 6.04 Å². The Bertz CT molecular complexity index is 594. The summed E-state index contributed by atoms with van der Waals surface area (Å²) in [6, 6.07) is 5.08. The Kier molecular flexibility index (Phi) is 5.40. The van der Waals surface area contributed by atoms with Crippen LogP contribution in [0.15, 0.2) is 33.6 Å². The fraction of sp³-hybridized carbons (Fsp3) is 0.500. The Balaban J connectivity index is 2.18. The van der Waals surface area contributed by atoms with Crippen molar-refractivity contribution in [1.82, 2.24) is 4.72 Å². The molecule has 5 nitrogen and oxygen atoms in total. The Hall–Kier alpha value is -0.920. The van der Waals surface area contributed by atoms with Crippen LogP contribution >= 0.6 is 15.9 Å². The molecule has 1 fully saturated rings. The molecule has 1 atom stereocenters. The lowest BCUT2D eigenvalue weighted by Crippen LogP contribution is -2.46. The first-order valence-corrected chi connectivity index (χ1v) is 9.18. The smallest absolute Gasteiger partial charge is 0.322 e. The van der Waals surface area contributed by atoms with Crippen LogP contribution in [-0.2, 0) is 14.8 Å². The van der Waals surface area contributed by atoms with Gasteiger partial charge >= 0.3 is 5.97 Å². The molecule has 0 amide bonds. The molecule has 0 saturated heterocycles. The van der Waals surface area contributed by atoms with Gasteiger partial charge in [0.15, 0.2) is 0 Å². The second kappa shape index (κ2) is 6.89. The lowest BCUT2D eigenvalue weighted by Gasteiger charge is -2.27. The number of hydrogen-bond acceptors (Lipinski definition) is 3. The molecule has 1 aromatic carbocycles. The Morgan fingerprint density at radius 2 is 1.76 bits per heavy atom. The van der Waals surface area contributed by atoms with Crippen LogP contribution in [-0.4, -0.2) is 25.5 Å². The van der Waals surface area contributed by atoms with E-state index in [0.29, 0.717) is 0 Å². The van der Waals surface area contributed by atoms with E-state index in [1.54, 1.807) is 12.1 Å². The lowest BCUT2D eigenvalue weighted by atomic mass is 9.84. The van der Waals surface area contributed by atoms with Gasteiger partial charge in [-0.3, -0.25) is 4.79 Å². The molecule has 0 radical (unpaired) electrons. The van der Waals surface area contributed by atoms with Gasteiger partial charge in [0.25, 0.3) is 0 Å². The zero-order chi connectivity index (χ0) is 15.5. The van der Waals surface area contributed by atoms with Crippen LogP contribution in [0.25, 0.3) is 0 Å². The van der Waals surface area contributed by atoms with Crippen LogP contribution in [0.4, 0.5) is 0 Å². The summed E-state index contributed by atoms with van der Waals surface area (Å²) in [6.07, 6.45) is 4.49. The van der Waals surface area contributed by atoms with E-state index in [1.165, 1.54) is 12.1 Å². The van der Waals surface area contributed by atoms with Gasteiger partial charge in [0, 0.05) is 4.47 Å². The summed E-state index contributed by atoms with van der Waals surface area (Å²) < 4.78 is 27.7. The monoisotopic (exact) mass is 375 g/mol. The van der Waals surface area contributed by atoms with Crippen LogP contribution < -0.4 is 4.72 Å². The molecule has 0 heterocycles. The minimum absolute atomic E-state index is 0.0766. The topological polar surface area (TPSA) is 83.5 Å². The molecule has 1 aliphatic rings. The summed E-state index contributed by atoms with van der Waals surface area (Å²) in [5.41, 5.74) is 0. The van der Waals surface area contributed by atoms with Gasteiger partial charge < -0.3 is 5.11 Å². The van der Waals surface area contributed by atoms with E-state index in [1.807, 2.05) is 0 Å². The minimum atomic E-state index is -3.82. The number of carbonyl (C=O) groups is 1. The van der Waals surface area contributed by atoms with Crippen LogP contribution in [0.5, 0.6) is 0 Å². The molecule has 1 aromatic rings. The van der Waals surface area contributed by atoms with Crippen molar-refractivity contribution in [3.05, 3.63) is 28.7 Å². The molecule has 21 heavy (non-hydrogen) atoms. The number of aliphatic carboxylic acids is 1. The molecule has 7 heteroatoms. The van der Waals surface area contributed by atoms with Crippen LogP contribution in [0, 0.1) is 5.92 Å². The van der Waals surface area contributed by atoms with Crippen molar-refractivity contribution in [1.29, 1.82) is 0 Å². The Morgan fingerprint density at radius 1 is 1.19 bits per heavy atom. The second-order valence-electron chi connectivity index (χ2n) is 5.29. The molecule has 1 saturated carbocycles. The van der Waals surface area contributed by atoms with Crippen LogP contribution in [0.2, 0.25) is 0 Å². The number of nitrogens with one attached hydrogen (secondary N) is 1. The summed E-state index contributed by atoms with van der Waals surface area (Å²) in [5.74, 6) is -1.25. The number of carboxylic acid groups (broad SMARTS) is 1. The highest BCUT2D eigenvalue weighted by atomic mass is 79.9. The summed E-state index contributed by atoms with van der Waals surface area (Å²) in [5, 5.41) is 9.35. The Labute approximate surface area is 132 Å². The largest absolute Gasteiger partial charge is 0.480 e. The number of halogens is 1. The standard InChI is InChI=1S/C14H18BrNO4S/c15-11-6-8-12(9-7-11)21(19,20)16-13(14(17)18)10-4-2-1-3-5-10/h6-10,13,16H,1-5H2,(H,17,18). The highest BCUT2D eigenvalue weighted by Crippen LogP contribution is 2.27. The molecular weight excluding hydrogens is 358 g/mol. The maximum Gasteiger partial charge on any atom is 0.322 e. The van der Waals surface area contributed by atoms with Gasteiger partial charge in [-0.15, -0.1) is 0 Å². The van der Waals surface area contributed by atoms with Crippen molar-refractivity contribution in [2.45, 2.75) is 43.0 Å². The lowest BCUT2D eigenvalue weighted by molar-refractivity contribution is -0.140. The van der Waals surface area contributed by atoms with E-state index in [-0.39, 0.29) is 10.8 Å². The molecule has 1 aliphatic carbocycles. The fourth-order valence-corrected chi connectivity index (χ4v) is 4.19. The first-order valence-electron chi connectivity index (χ1n) is 6.91. The maximum atomic E-state index is 12.3. The second-order valence-corrected chi connectivity index (χ2v) is 7.92. The van der Waals surface area contributed by atoms with Crippen molar-refractivity contribution in [3.8, 4) is 0 Å². The molecule has 0 aromatic heterocycles. The molecule has 0 spiro atoms. The molecule has 116 valence electrons.